The molecule has 0 N–H and O–H groups in total. The quantitative estimate of drug-likeness (QED) is 0.608. The molecule has 0 bridgehead atoms. The van der Waals surface area contributed by atoms with Crippen molar-refractivity contribution in [3.8, 4) is 0 Å². The molecule has 0 aliphatic heterocycles. The fourth-order valence-corrected chi connectivity index (χ4v) is 1.31. The topological polar surface area (TPSA) is 12.4 Å². The summed E-state index contributed by atoms with van der Waals surface area (Å²) in [5.41, 5.74) is 4.77. The van der Waals surface area contributed by atoms with Crippen LogP contribution in [-0.4, -0.2) is 6.72 Å². The van der Waals surface area contributed by atoms with Gasteiger partial charge in [0.25, 0.3) is 0 Å². The first-order chi connectivity index (χ1) is 6.15. The number of benzene rings is 1. The van der Waals surface area contributed by atoms with Crippen LogP contribution in [0.2, 0.25) is 0 Å². The number of hydrogen-bond donors (Lipinski definition) is 0. The summed E-state index contributed by atoms with van der Waals surface area (Å²) in [7, 11) is 0. The minimum absolute atomic E-state index is 0.956. The van der Waals surface area contributed by atoms with E-state index in [-0.39, 0.29) is 0 Å². The predicted molar refractivity (Wildman–Crippen MR) is 59.1 cm³/mol. The number of nitrogens with zero attached hydrogens (tertiary/aromatic N) is 1. The van der Waals surface area contributed by atoms with Crippen molar-refractivity contribution in [2.75, 3.05) is 0 Å². The van der Waals surface area contributed by atoms with Crippen LogP contribution in [0.1, 0.15) is 23.6 Å². The summed E-state index contributed by atoms with van der Waals surface area (Å²) in [4.78, 5) is 3.88. The van der Waals surface area contributed by atoms with Gasteiger partial charge in [-0.25, -0.2) is 0 Å². The van der Waals surface area contributed by atoms with Gasteiger partial charge in [0.05, 0.1) is 0 Å². The second-order valence-electron chi connectivity index (χ2n) is 3.25. The first-order valence-electron chi connectivity index (χ1n) is 4.36. The van der Waals surface area contributed by atoms with E-state index in [1.54, 1.807) is 0 Å². The van der Waals surface area contributed by atoms with Gasteiger partial charge in [0, 0.05) is 5.70 Å². The Balaban J connectivity index is 3.21. The standard InChI is InChI=1S/C12H15N/c1-9-6-5-7-10(2)12(9)8-11(3)13-4/h5-8H,4H2,1-3H3/b11-8-. The normalized spacial score (nSPS) is 11.5. The molecule has 13 heavy (non-hydrogen) atoms. The van der Waals surface area contributed by atoms with Crippen molar-refractivity contribution in [3.63, 3.8) is 0 Å². The molecule has 1 heteroatoms. The Bertz CT molecular complexity index is 328. The first kappa shape index (κ1) is 9.72. The largest absolute Gasteiger partial charge is 0.269 e. The van der Waals surface area contributed by atoms with E-state index in [9.17, 15) is 0 Å². The molecule has 1 aromatic carbocycles. The van der Waals surface area contributed by atoms with E-state index < -0.39 is 0 Å². The third-order valence-corrected chi connectivity index (χ3v) is 2.14. The highest BCUT2D eigenvalue weighted by Gasteiger charge is 1.97. The predicted octanol–water partition coefficient (Wildman–Crippen LogP) is 3.36. The van der Waals surface area contributed by atoms with Gasteiger partial charge in [-0.2, -0.15) is 0 Å². The summed E-state index contributed by atoms with van der Waals surface area (Å²) in [6.07, 6.45) is 2.07. The lowest BCUT2D eigenvalue weighted by atomic mass is 10.0. The third-order valence-electron chi connectivity index (χ3n) is 2.14. The Labute approximate surface area is 79.8 Å². The maximum atomic E-state index is 3.88. The molecule has 0 heterocycles. The zero-order valence-electron chi connectivity index (χ0n) is 8.46. The van der Waals surface area contributed by atoms with Gasteiger partial charge < -0.3 is 0 Å². The highest BCUT2D eigenvalue weighted by Crippen LogP contribution is 2.16. The minimum atomic E-state index is 0.956. The van der Waals surface area contributed by atoms with Crippen LogP contribution in [0, 0.1) is 13.8 Å². The van der Waals surface area contributed by atoms with E-state index in [0.29, 0.717) is 0 Å². The van der Waals surface area contributed by atoms with Gasteiger partial charge in [0.2, 0.25) is 0 Å². The maximum absolute atomic E-state index is 3.88. The van der Waals surface area contributed by atoms with Crippen LogP contribution in [0.5, 0.6) is 0 Å². The van der Waals surface area contributed by atoms with Crippen molar-refractivity contribution < 1.29 is 0 Å². The first-order valence-corrected chi connectivity index (χ1v) is 4.36. The second-order valence-corrected chi connectivity index (χ2v) is 3.25. The summed E-state index contributed by atoms with van der Waals surface area (Å²) < 4.78 is 0. The molecule has 68 valence electrons. The molecule has 0 aromatic heterocycles. The number of aliphatic imine (C=N–C) groups is 1. The second kappa shape index (κ2) is 4.04. The van der Waals surface area contributed by atoms with E-state index in [1.807, 2.05) is 6.92 Å². The average Bonchev–Trinajstić information content (AvgIpc) is 2.11. The van der Waals surface area contributed by atoms with E-state index in [0.717, 1.165) is 5.70 Å². The third kappa shape index (κ3) is 2.28. The summed E-state index contributed by atoms with van der Waals surface area (Å²) in [5.74, 6) is 0. The van der Waals surface area contributed by atoms with Gasteiger partial charge in [-0.15, -0.1) is 0 Å². The molecule has 0 unspecified atom stereocenters. The van der Waals surface area contributed by atoms with E-state index in [1.165, 1.54) is 16.7 Å². The Kier molecular flexibility index (Phi) is 3.02. The van der Waals surface area contributed by atoms with Gasteiger partial charge in [0.15, 0.2) is 0 Å². The van der Waals surface area contributed by atoms with Crippen molar-refractivity contribution in [1.29, 1.82) is 0 Å². The molecule has 0 spiro atoms. The van der Waals surface area contributed by atoms with Crippen molar-refractivity contribution in [1.82, 2.24) is 0 Å². The van der Waals surface area contributed by atoms with Crippen molar-refractivity contribution >= 4 is 12.8 Å². The highest BCUT2D eigenvalue weighted by atomic mass is 14.7. The van der Waals surface area contributed by atoms with Crippen molar-refractivity contribution in [2.45, 2.75) is 20.8 Å². The lowest BCUT2D eigenvalue weighted by Gasteiger charge is -2.04. The Morgan fingerprint density at radius 2 is 1.85 bits per heavy atom. The van der Waals surface area contributed by atoms with Crippen LogP contribution in [0.4, 0.5) is 0 Å². The van der Waals surface area contributed by atoms with Crippen LogP contribution in [-0.2, 0) is 0 Å². The van der Waals surface area contributed by atoms with E-state index in [2.05, 4.69) is 49.8 Å². The van der Waals surface area contributed by atoms with Gasteiger partial charge in [-0.05, 0) is 50.3 Å². The van der Waals surface area contributed by atoms with Crippen LogP contribution >= 0.6 is 0 Å². The Morgan fingerprint density at radius 3 is 2.31 bits per heavy atom. The van der Waals surface area contributed by atoms with E-state index in [4.69, 9.17) is 0 Å². The van der Waals surface area contributed by atoms with Gasteiger partial charge >= 0.3 is 0 Å². The molecule has 0 radical (unpaired) electrons. The molecule has 0 aliphatic rings. The van der Waals surface area contributed by atoms with Gasteiger partial charge in [-0.1, -0.05) is 18.2 Å². The molecule has 1 nitrogen and oxygen atoms in total. The summed E-state index contributed by atoms with van der Waals surface area (Å²) >= 11 is 0. The Morgan fingerprint density at radius 1 is 1.31 bits per heavy atom. The highest BCUT2D eigenvalue weighted by molar-refractivity contribution is 5.60. The molecule has 0 saturated carbocycles. The van der Waals surface area contributed by atoms with E-state index >= 15 is 0 Å². The number of allylic oxidation sites excluding steroid dienone is 1. The van der Waals surface area contributed by atoms with Crippen molar-refractivity contribution in [2.24, 2.45) is 4.99 Å². The summed E-state index contributed by atoms with van der Waals surface area (Å²) in [5, 5.41) is 0. The fourth-order valence-electron chi connectivity index (χ4n) is 1.31. The molecular formula is C12H15N. The zero-order valence-corrected chi connectivity index (χ0v) is 8.46. The average molecular weight is 173 g/mol. The van der Waals surface area contributed by atoms with Gasteiger partial charge in [-0.3, -0.25) is 4.99 Å². The SMILES string of the molecule is C=N/C(C)=C\c1c(C)cccc1C. The van der Waals surface area contributed by atoms with Crippen LogP contribution in [0.15, 0.2) is 28.9 Å². The summed E-state index contributed by atoms with van der Waals surface area (Å²) in [6.45, 7) is 9.67. The van der Waals surface area contributed by atoms with Crippen LogP contribution < -0.4 is 0 Å². The van der Waals surface area contributed by atoms with Crippen LogP contribution in [0.3, 0.4) is 0 Å². The lowest BCUT2D eigenvalue weighted by Crippen LogP contribution is -1.85. The minimum Gasteiger partial charge on any atom is -0.269 e. The number of hydrogen-bond acceptors (Lipinski definition) is 1. The molecular weight excluding hydrogens is 158 g/mol. The molecule has 0 fully saturated rings. The lowest BCUT2D eigenvalue weighted by molar-refractivity contribution is 1.31. The number of aryl methyl sites for hydroxylation is 2. The zero-order chi connectivity index (χ0) is 9.84. The number of rotatable bonds is 2. The van der Waals surface area contributed by atoms with Crippen molar-refractivity contribution in [3.05, 3.63) is 40.6 Å². The molecule has 0 aliphatic carbocycles. The maximum Gasteiger partial charge on any atom is 0.0371 e. The Hall–Kier alpha value is -1.37. The van der Waals surface area contributed by atoms with Gasteiger partial charge in [0.1, 0.15) is 0 Å². The molecule has 0 saturated heterocycles. The monoisotopic (exact) mass is 173 g/mol. The fraction of sp³-hybridized carbons (Fsp3) is 0.250. The molecule has 1 aromatic rings. The van der Waals surface area contributed by atoms with Crippen LogP contribution in [0.25, 0.3) is 6.08 Å². The molecule has 0 atom stereocenters. The summed E-state index contributed by atoms with van der Waals surface area (Å²) in [6, 6.07) is 6.28. The smallest absolute Gasteiger partial charge is 0.0371 e. The molecule has 0 amide bonds. The molecule has 1 rings (SSSR count).